The van der Waals surface area contributed by atoms with Crippen LogP contribution >= 0.6 is 0 Å². The second kappa shape index (κ2) is 11.7. The van der Waals surface area contributed by atoms with Crippen molar-refractivity contribution in [2.45, 2.75) is 59.0 Å². The van der Waals surface area contributed by atoms with Gasteiger partial charge in [0.25, 0.3) is 5.91 Å². The topological polar surface area (TPSA) is 142 Å². The Morgan fingerprint density at radius 1 is 1.17 bits per heavy atom. The molecule has 2 amide bonds. The fourth-order valence-electron chi connectivity index (χ4n) is 5.88. The molecule has 1 saturated carbocycles. The van der Waals surface area contributed by atoms with E-state index in [1.807, 2.05) is 6.92 Å². The summed E-state index contributed by atoms with van der Waals surface area (Å²) < 4.78 is 22.7. The van der Waals surface area contributed by atoms with E-state index in [0.717, 1.165) is 25.7 Å². The number of carboxylic acids is 1. The smallest absolute Gasteiger partial charge is 0.410 e. The lowest BCUT2D eigenvalue weighted by Crippen LogP contribution is -2.36. The van der Waals surface area contributed by atoms with Gasteiger partial charge in [0.15, 0.2) is 5.82 Å². The third kappa shape index (κ3) is 5.55. The van der Waals surface area contributed by atoms with Crippen molar-refractivity contribution in [2.24, 2.45) is 11.8 Å². The zero-order chi connectivity index (χ0) is 29.3. The van der Waals surface area contributed by atoms with Crippen molar-refractivity contribution < 1.29 is 28.6 Å². The van der Waals surface area contributed by atoms with E-state index in [1.54, 1.807) is 29.9 Å². The molecule has 0 saturated heterocycles. The minimum atomic E-state index is -1.23. The maximum absolute atomic E-state index is 16.0. The Kier molecular flexibility index (Phi) is 8.09. The molecule has 11 nitrogen and oxygen atoms in total. The van der Waals surface area contributed by atoms with Crippen molar-refractivity contribution in [3.63, 3.8) is 0 Å². The molecule has 2 aromatic heterocycles. The first-order valence-corrected chi connectivity index (χ1v) is 14.1. The Balaban J connectivity index is 1.50. The standard InChI is InChI=1S/C29H35FN6O5/c1-4-36-22(12-13-31-36)27(37)34-24(17-8-6-16(3)7-9-17)26-32-21-11-10-18(23(30)25(21)33-26)19-14-35(29(40)41-5-2)15-20(19)28(38)39/h10-13,16-17,24H,4-9,14-15H2,1-3H3,(H,32,33)(H,34,37)(H,38,39)/t16?,17?,24-/m0/s1. The van der Waals surface area contributed by atoms with Crippen LogP contribution in [0.1, 0.15) is 74.4 Å². The molecule has 1 aliphatic carbocycles. The van der Waals surface area contributed by atoms with Crippen molar-refractivity contribution in [1.82, 2.24) is 30.0 Å². The van der Waals surface area contributed by atoms with Gasteiger partial charge in [-0.25, -0.2) is 19.0 Å². The number of ether oxygens (including phenoxy) is 1. The summed E-state index contributed by atoms with van der Waals surface area (Å²) in [7, 11) is 0. The number of H-pyrrole nitrogens is 1. The number of amides is 2. The molecule has 1 atom stereocenters. The Morgan fingerprint density at radius 2 is 1.93 bits per heavy atom. The quantitative estimate of drug-likeness (QED) is 0.364. The highest BCUT2D eigenvalue weighted by atomic mass is 19.1. The van der Waals surface area contributed by atoms with E-state index in [4.69, 9.17) is 4.74 Å². The van der Waals surface area contributed by atoms with Crippen LogP contribution in [0.4, 0.5) is 9.18 Å². The molecule has 12 heteroatoms. The van der Waals surface area contributed by atoms with Crippen molar-refractivity contribution >= 4 is 34.6 Å². The van der Waals surface area contributed by atoms with Crippen LogP contribution in [0.2, 0.25) is 0 Å². The van der Waals surface area contributed by atoms with Crippen molar-refractivity contribution in [3.8, 4) is 0 Å². The number of carboxylic acid groups (broad SMARTS) is 1. The Bertz CT molecular complexity index is 1500. The summed E-state index contributed by atoms with van der Waals surface area (Å²) in [4.78, 5) is 46.7. The molecular weight excluding hydrogens is 531 g/mol. The van der Waals surface area contributed by atoms with E-state index in [0.29, 0.717) is 29.5 Å². The maximum atomic E-state index is 16.0. The number of carbonyl (C=O) groups excluding carboxylic acids is 2. The summed E-state index contributed by atoms with van der Waals surface area (Å²) in [6.07, 6.45) is 4.75. The highest BCUT2D eigenvalue weighted by Gasteiger charge is 2.35. The number of aromatic amines is 1. The van der Waals surface area contributed by atoms with Gasteiger partial charge in [0, 0.05) is 18.3 Å². The third-order valence-corrected chi connectivity index (χ3v) is 8.14. The minimum absolute atomic E-state index is 0.0475. The Hall–Kier alpha value is -4.22. The number of nitrogens with zero attached hydrogens (tertiary/aromatic N) is 4. The monoisotopic (exact) mass is 566 g/mol. The number of benzene rings is 1. The summed E-state index contributed by atoms with van der Waals surface area (Å²) in [6.45, 7) is 6.19. The lowest BCUT2D eigenvalue weighted by atomic mass is 9.79. The number of aromatic nitrogens is 4. The molecule has 0 radical (unpaired) electrons. The van der Waals surface area contributed by atoms with Gasteiger partial charge in [0.05, 0.1) is 36.8 Å². The molecule has 1 fully saturated rings. The first-order valence-electron chi connectivity index (χ1n) is 14.1. The molecule has 5 rings (SSSR count). The normalized spacial score (nSPS) is 20.0. The van der Waals surface area contributed by atoms with Crippen LogP contribution in [-0.2, 0) is 16.1 Å². The zero-order valence-corrected chi connectivity index (χ0v) is 23.4. The van der Waals surface area contributed by atoms with Gasteiger partial charge in [0.1, 0.15) is 17.0 Å². The fourth-order valence-corrected chi connectivity index (χ4v) is 5.88. The maximum Gasteiger partial charge on any atom is 0.410 e. The predicted octanol–water partition coefficient (Wildman–Crippen LogP) is 4.53. The lowest BCUT2D eigenvalue weighted by molar-refractivity contribution is -0.132. The molecule has 2 aliphatic rings. The van der Waals surface area contributed by atoms with Crippen LogP contribution in [0, 0.1) is 17.7 Å². The summed E-state index contributed by atoms with van der Waals surface area (Å²) in [6, 6.07) is 4.34. The number of halogens is 1. The lowest BCUT2D eigenvalue weighted by Gasteiger charge is -2.32. The largest absolute Gasteiger partial charge is 0.478 e. The van der Waals surface area contributed by atoms with Crippen LogP contribution < -0.4 is 5.32 Å². The van der Waals surface area contributed by atoms with Crippen LogP contribution in [0.3, 0.4) is 0 Å². The number of hydrogen-bond acceptors (Lipinski definition) is 6. The number of nitrogens with one attached hydrogen (secondary N) is 2. The highest BCUT2D eigenvalue weighted by molar-refractivity contribution is 6.01. The summed E-state index contributed by atoms with van der Waals surface area (Å²) in [5.74, 6) is -1.05. The number of rotatable bonds is 8. The number of aryl methyl sites for hydroxylation is 1. The first kappa shape index (κ1) is 28.3. The number of hydrogen-bond donors (Lipinski definition) is 3. The summed E-state index contributed by atoms with van der Waals surface area (Å²) in [5.41, 5.74) is 1.12. The zero-order valence-electron chi connectivity index (χ0n) is 23.4. The number of imidazole rings is 1. The Morgan fingerprint density at radius 3 is 2.61 bits per heavy atom. The molecule has 3 aromatic rings. The van der Waals surface area contributed by atoms with E-state index in [9.17, 15) is 19.5 Å². The van der Waals surface area contributed by atoms with E-state index >= 15 is 4.39 Å². The molecule has 41 heavy (non-hydrogen) atoms. The third-order valence-electron chi connectivity index (χ3n) is 8.14. The van der Waals surface area contributed by atoms with Gasteiger partial charge in [-0.15, -0.1) is 0 Å². The first-order chi connectivity index (χ1) is 19.7. The van der Waals surface area contributed by atoms with Gasteiger partial charge in [0.2, 0.25) is 0 Å². The number of aliphatic carboxylic acids is 1. The molecule has 3 heterocycles. The van der Waals surface area contributed by atoms with E-state index in [1.165, 1.54) is 11.0 Å². The fraction of sp³-hybridized carbons (Fsp3) is 0.483. The Labute approximate surface area is 236 Å². The van der Waals surface area contributed by atoms with Crippen LogP contribution in [0.25, 0.3) is 16.6 Å². The minimum Gasteiger partial charge on any atom is -0.478 e. The van der Waals surface area contributed by atoms with Gasteiger partial charge in [-0.05, 0) is 62.3 Å². The molecular formula is C29H35FN6O5. The van der Waals surface area contributed by atoms with Crippen molar-refractivity contribution in [1.29, 1.82) is 0 Å². The van der Waals surface area contributed by atoms with Gasteiger partial charge in [-0.1, -0.05) is 19.8 Å². The molecule has 0 spiro atoms. The van der Waals surface area contributed by atoms with E-state index in [-0.39, 0.29) is 53.7 Å². The summed E-state index contributed by atoms with van der Waals surface area (Å²) in [5, 5.41) is 17.1. The van der Waals surface area contributed by atoms with E-state index in [2.05, 4.69) is 27.3 Å². The summed E-state index contributed by atoms with van der Waals surface area (Å²) >= 11 is 0. The SMILES string of the molecule is CCOC(=O)N1CC(C(=O)O)=C(c2ccc3[nH]c([C@@H](NC(=O)c4ccnn4CC)C4CCC(C)CC4)nc3c2F)C1. The molecule has 0 bridgehead atoms. The van der Waals surface area contributed by atoms with Gasteiger partial charge in [-0.3, -0.25) is 14.4 Å². The van der Waals surface area contributed by atoms with E-state index < -0.39 is 23.9 Å². The molecule has 0 unspecified atom stereocenters. The average molecular weight is 567 g/mol. The van der Waals surface area contributed by atoms with Gasteiger partial charge < -0.3 is 20.1 Å². The molecule has 3 N–H and O–H groups in total. The second-order valence-corrected chi connectivity index (χ2v) is 10.8. The number of carbonyl (C=O) groups is 3. The van der Waals surface area contributed by atoms with Gasteiger partial charge >= 0.3 is 12.1 Å². The average Bonchev–Trinajstić information content (AvgIpc) is 3.71. The van der Waals surface area contributed by atoms with Crippen molar-refractivity contribution in [2.75, 3.05) is 19.7 Å². The van der Waals surface area contributed by atoms with Crippen LogP contribution in [0.5, 0.6) is 0 Å². The molecule has 1 aliphatic heterocycles. The second-order valence-electron chi connectivity index (χ2n) is 10.8. The van der Waals surface area contributed by atoms with Crippen LogP contribution in [-0.4, -0.2) is 67.4 Å². The predicted molar refractivity (Wildman–Crippen MR) is 148 cm³/mol. The van der Waals surface area contributed by atoms with Gasteiger partial charge in [-0.2, -0.15) is 5.10 Å². The molecule has 218 valence electrons. The number of fused-ring (bicyclic) bond motifs is 1. The molecule has 1 aromatic carbocycles. The highest BCUT2D eigenvalue weighted by Crippen LogP contribution is 2.38. The van der Waals surface area contributed by atoms with Crippen LogP contribution in [0.15, 0.2) is 30.0 Å². The van der Waals surface area contributed by atoms with Crippen molar-refractivity contribution in [3.05, 3.63) is 52.9 Å².